The summed E-state index contributed by atoms with van der Waals surface area (Å²) >= 11 is 0. The second kappa shape index (κ2) is 7.01. The van der Waals surface area contributed by atoms with Crippen LogP contribution in [-0.4, -0.2) is 51.2 Å². The molecule has 2 atom stereocenters. The highest BCUT2D eigenvalue weighted by molar-refractivity contribution is 5.26. The maximum atomic E-state index is 12.9. The summed E-state index contributed by atoms with van der Waals surface area (Å²) in [7, 11) is 0. The van der Waals surface area contributed by atoms with Gasteiger partial charge in [0.2, 0.25) is 5.95 Å². The van der Waals surface area contributed by atoms with Gasteiger partial charge in [0.1, 0.15) is 0 Å². The van der Waals surface area contributed by atoms with E-state index in [1.165, 1.54) is 12.4 Å². The molecule has 1 spiro atoms. The topological polar surface area (TPSA) is 63.2 Å². The predicted molar refractivity (Wildman–Crippen MR) is 91.4 cm³/mol. The van der Waals surface area contributed by atoms with E-state index in [9.17, 15) is 4.39 Å². The summed E-state index contributed by atoms with van der Waals surface area (Å²) in [5.74, 6) is 0.0235. The highest BCUT2D eigenvalue weighted by Crippen LogP contribution is 2.35. The molecule has 6 nitrogen and oxygen atoms in total. The van der Waals surface area contributed by atoms with Gasteiger partial charge in [-0.3, -0.25) is 9.88 Å². The molecule has 2 aliphatic heterocycles. The van der Waals surface area contributed by atoms with Crippen LogP contribution >= 0.6 is 0 Å². The molecule has 1 N–H and O–H groups in total. The van der Waals surface area contributed by atoms with Crippen LogP contribution in [0.4, 0.5) is 10.3 Å². The molecule has 7 heteroatoms. The van der Waals surface area contributed by atoms with E-state index in [2.05, 4.69) is 31.2 Å². The zero-order valence-corrected chi connectivity index (χ0v) is 14.1. The highest BCUT2D eigenvalue weighted by Gasteiger charge is 2.43. The number of halogens is 1. The summed E-state index contributed by atoms with van der Waals surface area (Å²) in [5, 5.41) is 3.26. The standard InChI is InChI=1S/C18H22FN5O/c19-14-9-21-17(22-10-14)23-16-8-18(25-12-16)5-3-7-24(13-18)11-15-4-1-2-6-20-15/h1-2,4,6,9-10,16H,3,5,7-8,11-13H2,(H,21,22,23). The van der Waals surface area contributed by atoms with Crippen molar-refractivity contribution < 1.29 is 9.13 Å². The SMILES string of the molecule is Fc1cnc(NC2COC3(CCCN(Cc4ccccn4)C3)C2)nc1. The van der Waals surface area contributed by atoms with Gasteiger partial charge in [0.05, 0.1) is 36.3 Å². The largest absolute Gasteiger partial charge is 0.371 e. The summed E-state index contributed by atoms with van der Waals surface area (Å²) in [5.41, 5.74) is 0.969. The zero-order valence-electron chi connectivity index (χ0n) is 14.1. The fraction of sp³-hybridized carbons (Fsp3) is 0.500. The Hall–Kier alpha value is -2.12. The predicted octanol–water partition coefficient (Wildman–Crippen LogP) is 2.25. The van der Waals surface area contributed by atoms with Crippen LogP contribution < -0.4 is 5.32 Å². The minimum Gasteiger partial charge on any atom is -0.371 e. The molecule has 0 bridgehead atoms. The Bertz CT molecular complexity index is 698. The molecule has 2 aromatic heterocycles. The van der Waals surface area contributed by atoms with Gasteiger partial charge in [0.25, 0.3) is 0 Å². The number of ether oxygens (including phenoxy) is 1. The van der Waals surface area contributed by atoms with Crippen molar-refractivity contribution in [3.05, 3.63) is 48.3 Å². The van der Waals surface area contributed by atoms with Crippen LogP contribution in [0.5, 0.6) is 0 Å². The lowest BCUT2D eigenvalue weighted by Gasteiger charge is -2.39. The average molecular weight is 343 g/mol. The number of aromatic nitrogens is 3. The van der Waals surface area contributed by atoms with Gasteiger partial charge in [-0.1, -0.05) is 6.07 Å². The number of anilines is 1. The zero-order chi connectivity index (χ0) is 17.1. The number of piperidine rings is 1. The van der Waals surface area contributed by atoms with Crippen molar-refractivity contribution in [2.45, 2.75) is 37.5 Å². The molecule has 0 radical (unpaired) electrons. The Morgan fingerprint density at radius 2 is 2.16 bits per heavy atom. The molecule has 25 heavy (non-hydrogen) atoms. The molecule has 0 aliphatic carbocycles. The molecule has 4 rings (SSSR count). The van der Waals surface area contributed by atoms with E-state index in [0.717, 1.165) is 44.6 Å². The third-order valence-corrected chi connectivity index (χ3v) is 4.89. The summed E-state index contributed by atoms with van der Waals surface area (Å²) in [4.78, 5) is 14.8. The van der Waals surface area contributed by atoms with E-state index in [-0.39, 0.29) is 11.6 Å². The lowest BCUT2D eigenvalue weighted by molar-refractivity contribution is -0.0535. The fourth-order valence-electron chi connectivity index (χ4n) is 3.84. The number of likely N-dealkylation sites (tertiary alicyclic amines) is 1. The van der Waals surface area contributed by atoms with Gasteiger partial charge in [-0.2, -0.15) is 0 Å². The number of nitrogens with zero attached hydrogens (tertiary/aromatic N) is 4. The van der Waals surface area contributed by atoms with Gasteiger partial charge >= 0.3 is 0 Å². The van der Waals surface area contributed by atoms with Crippen molar-refractivity contribution in [2.75, 3.05) is 25.0 Å². The van der Waals surface area contributed by atoms with Crippen LogP contribution in [0.15, 0.2) is 36.8 Å². The van der Waals surface area contributed by atoms with Crippen molar-refractivity contribution >= 4 is 5.95 Å². The van der Waals surface area contributed by atoms with Gasteiger partial charge in [0.15, 0.2) is 5.82 Å². The monoisotopic (exact) mass is 343 g/mol. The summed E-state index contributed by atoms with van der Waals surface area (Å²) in [6, 6.07) is 6.18. The van der Waals surface area contributed by atoms with E-state index >= 15 is 0 Å². The first kappa shape index (κ1) is 16.4. The van der Waals surface area contributed by atoms with Gasteiger partial charge < -0.3 is 10.1 Å². The van der Waals surface area contributed by atoms with Crippen LogP contribution in [-0.2, 0) is 11.3 Å². The lowest BCUT2D eigenvalue weighted by atomic mass is 9.88. The first-order chi connectivity index (χ1) is 12.2. The third-order valence-electron chi connectivity index (χ3n) is 4.89. The quantitative estimate of drug-likeness (QED) is 0.919. The van der Waals surface area contributed by atoms with Crippen LogP contribution in [0.25, 0.3) is 0 Å². The lowest BCUT2D eigenvalue weighted by Crippen LogP contribution is -2.47. The Balaban J connectivity index is 1.36. The van der Waals surface area contributed by atoms with Crippen molar-refractivity contribution in [3.8, 4) is 0 Å². The van der Waals surface area contributed by atoms with E-state index in [1.54, 1.807) is 0 Å². The van der Waals surface area contributed by atoms with Gasteiger partial charge in [-0.15, -0.1) is 0 Å². The summed E-state index contributed by atoms with van der Waals surface area (Å²) in [6.07, 6.45) is 7.28. The van der Waals surface area contributed by atoms with Gasteiger partial charge in [0, 0.05) is 25.7 Å². The second-order valence-corrected chi connectivity index (χ2v) is 6.90. The van der Waals surface area contributed by atoms with Gasteiger partial charge in [-0.25, -0.2) is 14.4 Å². The van der Waals surface area contributed by atoms with E-state index in [1.807, 2.05) is 18.3 Å². The van der Waals surface area contributed by atoms with E-state index < -0.39 is 5.82 Å². The smallest absolute Gasteiger partial charge is 0.223 e. The van der Waals surface area contributed by atoms with Crippen molar-refractivity contribution in [1.29, 1.82) is 0 Å². The normalized spacial score (nSPS) is 26.8. The Morgan fingerprint density at radius 1 is 1.28 bits per heavy atom. The molecule has 2 saturated heterocycles. The molecule has 2 aliphatic rings. The molecule has 132 valence electrons. The van der Waals surface area contributed by atoms with Crippen LogP contribution in [0, 0.1) is 5.82 Å². The molecule has 2 unspecified atom stereocenters. The Labute approximate surface area is 146 Å². The maximum Gasteiger partial charge on any atom is 0.223 e. The maximum absolute atomic E-state index is 12.9. The fourth-order valence-corrected chi connectivity index (χ4v) is 3.84. The molecular formula is C18H22FN5O. The van der Waals surface area contributed by atoms with Crippen molar-refractivity contribution in [2.24, 2.45) is 0 Å². The first-order valence-electron chi connectivity index (χ1n) is 8.71. The molecule has 0 amide bonds. The number of rotatable bonds is 4. The first-order valence-corrected chi connectivity index (χ1v) is 8.71. The molecule has 4 heterocycles. The minimum atomic E-state index is -0.429. The number of hydrogen-bond donors (Lipinski definition) is 1. The molecule has 0 aromatic carbocycles. The molecular weight excluding hydrogens is 321 g/mol. The molecule has 2 fully saturated rings. The van der Waals surface area contributed by atoms with Crippen molar-refractivity contribution in [1.82, 2.24) is 19.9 Å². The van der Waals surface area contributed by atoms with Crippen LogP contribution in [0.1, 0.15) is 25.0 Å². The molecule has 2 aromatic rings. The Kier molecular flexibility index (Phi) is 4.59. The summed E-state index contributed by atoms with van der Waals surface area (Å²) < 4.78 is 19.1. The number of nitrogens with one attached hydrogen (secondary N) is 1. The molecule has 0 saturated carbocycles. The number of pyridine rings is 1. The second-order valence-electron chi connectivity index (χ2n) is 6.90. The van der Waals surface area contributed by atoms with Crippen LogP contribution in [0.3, 0.4) is 0 Å². The van der Waals surface area contributed by atoms with E-state index in [4.69, 9.17) is 4.74 Å². The Morgan fingerprint density at radius 3 is 2.96 bits per heavy atom. The third kappa shape index (κ3) is 3.93. The van der Waals surface area contributed by atoms with Crippen molar-refractivity contribution in [3.63, 3.8) is 0 Å². The average Bonchev–Trinajstić information content (AvgIpc) is 3.00. The highest BCUT2D eigenvalue weighted by atomic mass is 19.1. The van der Waals surface area contributed by atoms with E-state index in [0.29, 0.717) is 12.6 Å². The van der Waals surface area contributed by atoms with Crippen LogP contribution in [0.2, 0.25) is 0 Å². The number of hydrogen-bond acceptors (Lipinski definition) is 6. The summed E-state index contributed by atoms with van der Waals surface area (Å²) in [6.45, 7) is 3.45. The van der Waals surface area contributed by atoms with Gasteiger partial charge in [-0.05, 0) is 31.5 Å². The minimum absolute atomic E-state index is 0.120.